The average molecular weight is 403 g/mol. The minimum atomic E-state index is -0.778. The Morgan fingerprint density at radius 3 is 2.69 bits per heavy atom. The molecule has 4 rings (SSSR count). The molecule has 4 amide bonds. The van der Waals surface area contributed by atoms with Gasteiger partial charge in [-0.15, -0.1) is 0 Å². The molecule has 29 heavy (non-hydrogen) atoms. The van der Waals surface area contributed by atoms with Crippen LogP contribution >= 0.6 is 0 Å². The number of hydrogen-bond acceptors (Lipinski definition) is 6. The average Bonchev–Trinajstić information content (AvgIpc) is 3.43. The van der Waals surface area contributed by atoms with Crippen LogP contribution in [-0.2, 0) is 11.2 Å². The third-order valence-corrected chi connectivity index (χ3v) is 6.39. The predicted octanol–water partition coefficient (Wildman–Crippen LogP) is 1.25. The lowest BCUT2D eigenvalue weighted by Gasteiger charge is -2.37. The van der Waals surface area contributed by atoms with Gasteiger partial charge in [-0.05, 0) is 38.6 Å². The lowest BCUT2D eigenvalue weighted by atomic mass is 9.87. The summed E-state index contributed by atoms with van der Waals surface area (Å²) in [6.45, 7) is 7.55. The minimum Gasteiger partial charge on any atom is -0.351 e. The number of rotatable bonds is 5. The van der Waals surface area contributed by atoms with Gasteiger partial charge >= 0.3 is 6.03 Å². The largest absolute Gasteiger partial charge is 0.351 e. The van der Waals surface area contributed by atoms with Crippen LogP contribution in [0.1, 0.15) is 55.8 Å². The number of urea groups is 1. The van der Waals surface area contributed by atoms with Crippen molar-refractivity contribution in [1.29, 1.82) is 0 Å². The zero-order valence-electron chi connectivity index (χ0n) is 17.1. The summed E-state index contributed by atoms with van der Waals surface area (Å²) in [5.74, 6) is -0.167. The van der Waals surface area contributed by atoms with Gasteiger partial charge in [0.1, 0.15) is 5.54 Å². The van der Waals surface area contributed by atoms with Crippen LogP contribution in [0.3, 0.4) is 0 Å². The van der Waals surface area contributed by atoms with Crippen molar-refractivity contribution in [2.75, 3.05) is 32.7 Å². The fourth-order valence-electron chi connectivity index (χ4n) is 4.66. The maximum atomic E-state index is 13.2. The van der Waals surface area contributed by atoms with Crippen LogP contribution in [0, 0.1) is 0 Å². The van der Waals surface area contributed by atoms with Gasteiger partial charge in [0.2, 0.25) is 5.76 Å². The molecule has 9 nitrogen and oxygen atoms in total. The summed E-state index contributed by atoms with van der Waals surface area (Å²) in [5, 5.41) is 6.84. The van der Waals surface area contributed by atoms with Crippen molar-refractivity contribution in [2.24, 2.45) is 0 Å². The molecule has 158 valence electrons. The summed E-state index contributed by atoms with van der Waals surface area (Å²) in [5.41, 5.74) is -0.0470. The molecule has 0 radical (unpaired) electrons. The van der Waals surface area contributed by atoms with Crippen LogP contribution in [0.15, 0.2) is 10.6 Å². The van der Waals surface area contributed by atoms with E-state index in [1.165, 1.54) is 4.90 Å². The molecule has 1 aromatic rings. The van der Waals surface area contributed by atoms with Gasteiger partial charge in [-0.25, -0.2) is 4.79 Å². The Morgan fingerprint density at radius 2 is 2.03 bits per heavy atom. The van der Waals surface area contributed by atoms with Gasteiger partial charge < -0.3 is 19.6 Å². The van der Waals surface area contributed by atoms with E-state index in [1.54, 1.807) is 11.0 Å². The highest BCUT2D eigenvalue weighted by atomic mass is 16.5. The standard InChI is InChI=1S/C20H29N5O4/c1-3-8-23-10-6-20(7-11-23)18(27)25(19(28)21-20)15-5-9-24(13-15)17(26)16-12-14(4-2)22-29-16/h12,15H,3-11,13H2,1-2H3,(H,21,28)/t15-/m0/s1. The van der Waals surface area contributed by atoms with Crippen LogP contribution < -0.4 is 5.32 Å². The zero-order valence-corrected chi connectivity index (χ0v) is 17.1. The SMILES string of the molecule is CCCN1CCC2(CC1)NC(=O)N([C@H]1CCN(C(=O)c3cc(CC)no3)C1)C2=O. The molecule has 3 saturated heterocycles. The van der Waals surface area contributed by atoms with E-state index >= 15 is 0 Å². The minimum absolute atomic E-state index is 0.133. The smallest absolute Gasteiger partial charge is 0.325 e. The number of carbonyl (C=O) groups excluding carboxylic acids is 3. The monoisotopic (exact) mass is 403 g/mol. The number of aryl methyl sites for hydroxylation is 1. The summed E-state index contributed by atoms with van der Waals surface area (Å²) in [4.78, 5) is 43.9. The van der Waals surface area contributed by atoms with Gasteiger partial charge in [0.05, 0.1) is 11.7 Å². The van der Waals surface area contributed by atoms with E-state index < -0.39 is 5.54 Å². The first-order chi connectivity index (χ1) is 14.0. The van der Waals surface area contributed by atoms with Gasteiger partial charge in [0.25, 0.3) is 11.8 Å². The number of likely N-dealkylation sites (tertiary alicyclic amines) is 2. The summed E-state index contributed by atoms with van der Waals surface area (Å²) in [6, 6.07) is 1.03. The maximum absolute atomic E-state index is 13.2. The third-order valence-electron chi connectivity index (χ3n) is 6.39. The van der Waals surface area contributed by atoms with Gasteiger partial charge in [-0.3, -0.25) is 14.5 Å². The number of imide groups is 1. The quantitative estimate of drug-likeness (QED) is 0.743. The molecule has 1 spiro atoms. The van der Waals surface area contributed by atoms with E-state index in [2.05, 4.69) is 22.3 Å². The van der Waals surface area contributed by atoms with Gasteiger partial charge in [0.15, 0.2) is 0 Å². The summed E-state index contributed by atoms with van der Waals surface area (Å²) in [6.07, 6.45) is 3.64. The van der Waals surface area contributed by atoms with Crippen molar-refractivity contribution in [1.82, 2.24) is 25.2 Å². The molecule has 3 aliphatic heterocycles. The Hall–Kier alpha value is -2.42. The maximum Gasteiger partial charge on any atom is 0.325 e. The fourth-order valence-corrected chi connectivity index (χ4v) is 4.66. The molecular formula is C20H29N5O4. The Morgan fingerprint density at radius 1 is 1.28 bits per heavy atom. The third kappa shape index (κ3) is 3.52. The molecule has 0 bridgehead atoms. The molecule has 0 unspecified atom stereocenters. The Kier molecular flexibility index (Phi) is 5.33. The molecule has 3 fully saturated rings. The number of piperidine rings is 1. The van der Waals surface area contributed by atoms with Crippen molar-refractivity contribution >= 4 is 17.8 Å². The Bertz CT molecular complexity index is 799. The van der Waals surface area contributed by atoms with E-state index in [9.17, 15) is 14.4 Å². The van der Waals surface area contributed by atoms with Crippen LogP contribution in [-0.4, -0.2) is 82.0 Å². The van der Waals surface area contributed by atoms with Crippen molar-refractivity contribution in [3.05, 3.63) is 17.5 Å². The second-order valence-electron chi connectivity index (χ2n) is 8.26. The van der Waals surface area contributed by atoms with Crippen LogP contribution in [0.2, 0.25) is 0 Å². The molecule has 1 N–H and O–H groups in total. The molecule has 4 heterocycles. The second-order valence-corrected chi connectivity index (χ2v) is 8.26. The Labute approximate surface area is 170 Å². The molecular weight excluding hydrogens is 374 g/mol. The summed E-state index contributed by atoms with van der Waals surface area (Å²) in [7, 11) is 0. The zero-order chi connectivity index (χ0) is 20.6. The van der Waals surface area contributed by atoms with Crippen LogP contribution in [0.4, 0.5) is 4.79 Å². The van der Waals surface area contributed by atoms with Gasteiger partial charge in [0, 0.05) is 32.2 Å². The molecule has 3 aliphatic rings. The highest BCUT2D eigenvalue weighted by molar-refractivity contribution is 6.07. The normalized spacial score (nSPS) is 24.6. The van der Waals surface area contributed by atoms with Crippen molar-refractivity contribution in [3.63, 3.8) is 0 Å². The van der Waals surface area contributed by atoms with E-state index in [1.807, 2.05) is 6.92 Å². The molecule has 1 atom stereocenters. The molecule has 0 saturated carbocycles. The Balaban J connectivity index is 1.41. The van der Waals surface area contributed by atoms with Crippen molar-refractivity contribution in [3.8, 4) is 0 Å². The second kappa shape index (κ2) is 7.78. The van der Waals surface area contributed by atoms with E-state index in [4.69, 9.17) is 4.52 Å². The first kappa shape index (κ1) is 19.9. The van der Waals surface area contributed by atoms with Gasteiger partial charge in [-0.1, -0.05) is 19.0 Å². The first-order valence-corrected chi connectivity index (χ1v) is 10.6. The first-order valence-electron chi connectivity index (χ1n) is 10.6. The number of aromatic nitrogens is 1. The lowest BCUT2D eigenvalue weighted by Crippen LogP contribution is -2.55. The highest BCUT2D eigenvalue weighted by Gasteiger charge is 2.55. The molecule has 0 aromatic carbocycles. The number of carbonyl (C=O) groups is 3. The van der Waals surface area contributed by atoms with Crippen molar-refractivity contribution in [2.45, 2.75) is 57.5 Å². The van der Waals surface area contributed by atoms with Crippen LogP contribution in [0.25, 0.3) is 0 Å². The predicted molar refractivity (Wildman–Crippen MR) is 104 cm³/mol. The number of nitrogens with one attached hydrogen (secondary N) is 1. The molecule has 1 aromatic heterocycles. The number of hydrogen-bond donors (Lipinski definition) is 1. The van der Waals surface area contributed by atoms with Crippen molar-refractivity contribution < 1.29 is 18.9 Å². The lowest BCUT2D eigenvalue weighted by molar-refractivity contribution is -0.134. The number of amides is 4. The number of nitrogens with zero attached hydrogens (tertiary/aromatic N) is 4. The molecule has 9 heteroatoms. The summed E-state index contributed by atoms with van der Waals surface area (Å²) >= 11 is 0. The van der Waals surface area contributed by atoms with E-state index in [-0.39, 0.29) is 29.6 Å². The van der Waals surface area contributed by atoms with Gasteiger partial charge in [-0.2, -0.15) is 0 Å². The highest BCUT2D eigenvalue weighted by Crippen LogP contribution is 2.32. The fraction of sp³-hybridized carbons (Fsp3) is 0.700. The topological polar surface area (TPSA) is 99.0 Å². The van der Waals surface area contributed by atoms with E-state index in [0.29, 0.717) is 38.8 Å². The molecule has 0 aliphatic carbocycles. The van der Waals surface area contributed by atoms with Crippen LogP contribution in [0.5, 0.6) is 0 Å². The van der Waals surface area contributed by atoms with E-state index in [0.717, 1.165) is 31.7 Å². The summed E-state index contributed by atoms with van der Waals surface area (Å²) < 4.78 is 5.15.